The number of aromatic nitrogens is 1. The van der Waals surface area contributed by atoms with E-state index < -0.39 is 0 Å². The normalized spacial score (nSPS) is 10.8. The van der Waals surface area contributed by atoms with Crippen LogP contribution in [0, 0.1) is 5.82 Å². The summed E-state index contributed by atoms with van der Waals surface area (Å²) in [6, 6.07) is 18.3. The van der Waals surface area contributed by atoms with Gasteiger partial charge >= 0.3 is 0 Å². The number of carbonyl (C=O) groups excluding carboxylic acids is 1. The molecule has 0 aliphatic rings. The number of thioether (sulfide) groups is 1. The number of halogens is 1. The summed E-state index contributed by atoms with van der Waals surface area (Å²) < 4.78 is 13.7. The van der Waals surface area contributed by atoms with E-state index in [9.17, 15) is 9.18 Å². The second-order valence-corrected chi connectivity index (χ2v) is 6.47. The van der Waals surface area contributed by atoms with Crippen LogP contribution in [0.1, 0.15) is 5.56 Å². The van der Waals surface area contributed by atoms with Gasteiger partial charge in [0, 0.05) is 24.5 Å². The van der Waals surface area contributed by atoms with Gasteiger partial charge in [-0.05, 0) is 18.2 Å². The molecule has 0 aliphatic heterocycles. The van der Waals surface area contributed by atoms with Crippen LogP contribution >= 0.6 is 11.8 Å². The Bertz CT molecular complexity index is 869. The summed E-state index contributed by atoms with van der Waals surface area (Å²) in [5, 5.41) is 1.88. The van der Waals surface area contributed by atoms with Crippen LogP contribution in [-0.2, 0) is 11.3 Å². The number of nitrogens with zero attached hydrogens (tertiary/aromatic N) is 2. The average molecular weight is 340 g/mol. The molecule has 0 radical (unpaired) electrons. The maximum absolute atomic E-state index is 13.7. The molecule has 1 heterocycles. The Morgan fingerprint density at radius 2 is 1.83 bits per heavy atom. The molecule has 0 spiro atoms. The van der Waals surface area contributed by atoms with Gasteiger partial charge in [-0.15, -0.1) is 0 Å². The van der Waals surface area contributed by atoms with Crippen molar-refractivity contribution in [1.29, 1.82) is 0 Å². The molecule has 0 N–H and O–H groups in total. The monoisotopic (exact) mass is 340 g/mol. The number of amides is 1. The average Bonchev–Trinajstić information content (AvgIpc) is 2.61. The van der Waals surface area contributed by atoms with Crippen molar-refractivity contribution in [3.8, 4) is 0 Å². The van der Waals surface area contributed by atoms with Gasteiger partial charge in [0.15, 0.2) is 0 Å². The molecule has 0 atom stereocenters. The lowest BCUT2D eigenvalue weighted by atomic mass is 10.2. The molecule has 122 valence electrons. The standard InChI is InChI=1S/C19H17FN2OS/c1-22(12-15-7-2-4-8-16(15)20)19(23)13-24-18-11-10-14-6-3-5-9-17(14)21-18/h2-11H,12-13H2,1H3. The molecule has 0 bridgehead atoms. The number of hydrogen-bond acceptors (Lipinski definition) is 3. The Morgan fingerprint density at radius 1 is 1.08 bits per heavy atom. The molecule has 0 aliphatic carbocycles. The quantitative estimate of drug-likeness (QED) is 0.655. The van der Waals surface area contributed by atoms with E-state index in [2.05, 4.69) is 4.98 Å². The third kappa shape index (κ3) is 3.92. The van der Waals surface area contributed by atoms with Crippen LogP contribution < -0.4 is 0 Å². The molecule has 3 nitrogen and oxygen atoms in total. The minimum atomic E-state index is -0.291. The van der Waals surface area contributed by atoms with Crippen LogP contribution in [0.2, 0.25) is 0 Å². The van der Waals surface area contributed by atoms with Gasteiger partial charge < -0.3 is 4.90 Å². The molecule has 3 aromatic rings. The predicted octanol–water partition coefficient (Wildman–Crippen LogP) is 4.12. The van der Waals surface area contributed by atoms with Crippen LogP contribution in [0.15, 0.2) is 65.7 Å². The van der Waals surface area contributed by atoms with Gasteiger partial charge in [0.2, 0.25) is 5.91 Å². The van der Waals surface area contributed by atoms with E-state index in [4.69, 9.17) is 0 Å². The maximum Gasteiger partial charge on any atom is 0.233 e. The van der Waals surface area contributed by atoms with Gasteiger partial charge in [-0.2, -0.15) is 0 Å². The van der Waals surface area contributed by atoms with E-state index in [1.54, 1.807) is 25.2 Å². The Labute approximate surface area is 144 Å². The van der Waals surface area contributed by atoms with Crippen molar-refractivity contribution in [2.24, 2.45) is 0 Å². The van der Waals surface area contributed by atoms with Gasteiger partial charge in [-0.25, -0.2) is 9.37 Å². The molecule has 1 amide bonds. The summed E-state index contributed by atoms with van der Waals surface area (Å²) in [4.78, 5) is 18.3. The molecular weight excluding hydrogens is 323 g/mol. The number of hydrogen-bond donors (Lipinski definition) is 0. The van der Waals surface area contributed by atoms with E-state index in [-0.39, 0.29) is 24.0 Å². The topological polar surface area (TPSA) is 33.2 Å². The van der Waals surface area contributed by atoms with Crippen LogP contribution in [0.25, 0.3) is 10.9 Å². The Hall–Kier alpha value is -2.40. The first-order chi connectivity index (χ1) is 11.6. The second kappa shape index (κ2) is 7.45. The number of rotatable bonds is 5. The minimum absolute atomic E-state index is 0.0572. The van der Waals surface area contributed by atoms with E-state index in [1.165, 1.54) is 22.7 Å². The molecule has 0 fully saturated rings. The van der Waals surface area contributed by atoms with E-state index >= 15 is 0 Å². The number of carbonyl (C=O) groups is 1. The lowest BCUT2D eigenvalue weighted by Gasteiger charge is -2.17. The highest BCUT2D eigenvalue weighted by Gasteiger charge is 2.12. The maximum atomic E-state index is 13.7. The fraction of sp³-hybridized carbons (Fsp3) is 0.158. The highest BCUT2D eigenvalue weighted by atomic mass is 32.2. The van der Waals surface area contributed by atoms with E-state index in [0.29, 0.717) is 5.56 Å². The van der Waals surface area contributed by atoms with Crippen molar-refractivity contribution in [3.63, 3.8) is 0 Å². The van der Waals surface area contributed by atoms with Crippen molar-refractivity contribution >= 4 is 28.6 Å². The van der Waals surface area contributed by atoms with Gasteiger partial charge in [0.1, 0.15) is 5.82 Å². The lowest BCUT2D eigenvalue weighted by Crippen LogP contribution is -2.28. The first kappa shape index (κ1) is 16.5. The summed E-state index contributed by atoms with van der Waals surface area (Å²) in [6.07, 6.45) is 0. The van der Waals surface area contributed by atoms with Gasteiger partial charge in [0.25, 0.3) is 0 Å². The summed E-state index contributed by atoms with van der Waals surface area (Å²) >= 11 is 1.39. The Kier molecular flexibility index (Phi) is 5.11. The van der Waals surface area contributed by atoms with Crippen LogP contribution in [0.3, 0.4) is 0 Å². The van der Waals surface area contributed by atoms with Crippen molar-refractivity contribution in [2.45, 2.75) is 11.6 Å². The Morgan fingerprint density at radius 3 is 2.67 bits per heavy atom. The SMILES string of the molecule is CN(Cc1ccccc1F)C(=O)CSc1ccc2ccccc2n1. The molecule has 5 heteroatoms. The van der Waals surface area contributed by atoms with Crippen LogP contribution in [-0.4, -0.2) is 28.6 Å². The van der Waals surface area contributed by atoms with E-state index in [0.717, 1.165) is 15.9 Å². The molecule has 2 aromatic carbocycles. The zero-order chi connectivity index (χ0) is 16.9. The molecule has 1 aromatic heterocycles. The van der Waals surface area contributed by atoms with Gasteiger partial charge in [0.05, 0.1) is 16.3 Å². The van der Waals surface area contributed by atoms with Crippen LogP contribution in [0.5, 0.6) is 0 Å². The van der Waals surface area contributed by atoms with Crippen molar-refractivity contribution in [2.75, 3.05) is 12.8 Å². The zero-order valence-electron chi connectivity index (χ0n) is 13.3. The third-order valence-corrected chi connectivity index (χ3v) is 4.62. The van der Waals surface area contributed by atoms with Crippen molar-refractivity contribution in [3.05, 3.63) is 72.0 Å². The smallest absolute Gasteiger partial charge is 0.233 e. The van der Waals surface area contributed by atoms with Crippen molar-refractivity contribution in [1.82, 2.24) is 9.88 Å². The minimum Gasteiger partial charge on any atom is -0.341 e. The number of pyridine rings is 1. The third-order valence-electron chi connectivity index (χ3n) is 3.71. The summed E-state index contributed by atoms with van der Waals surface area (Å²) in [5.41, 5.74) is 1.43. The molecule has 3 rings (SSSR count). The fourth-order valence-electron chi connectivity index (χ4n) is 2.34. The summed E-state index contributed by atoms with van der Waals surface area (Å²) in [5.74, 6) is -0.0739. The first-order valence-electron chi connectivity index (χ1n) is 7.59. The van der Waals surface area contributed by atoms with Gasteiger partial charge in [-0.3, -0.25) is 4.79 Å². The number of para-hydroxylation sites is 1. The predicted molar refractivity (Wildman–Crippen MR) is 95.3 cm³/mol. The summed E-state index contributed by atoms with van der Waals surface area (Å²) in [7, 11) is 1.68. The lowest BCUT2D eigenvalue weighted by molar-refractivity contribution is -0.127. The van der Waals surface area contributed by atoms with Gasteiger partial charge in [-0.1, -0.05) is 54.2 Å². The Balaban J connectivity index is 1.60. The zero-order valence-corrected chi connectivity index (χ0v) is 14.1. The van der Waals surface area contributed by atoms with Crippen molar-refractivity contribution < 1.29 is 9.18 Å². The molecule has 0 unspecified atom stereocenters. The molecule has 0 saturated carbocycles. The van der Waals surface area contributed by atoms with E-state index in [1.807, 2.05) is 36.4 Å². The summed E-state index contributed by atoms with van der Waals surface area (Å²) in [6.45, 7) is 0.261. The molecule has 24 heavy (non-hydrogen) atoms. The molecular formula is C19H17FN2OS. The molecule has 0 saturated heterocycles. The second-order valence-electron chi connectivity index (χ2n) is 5.47. The first-order valence-corrected chi connectivity index (χ1v) is 8.58. The van der Waals surface area contributed by atoms with Crippen LogP contribution in [0.4, 0.5) is 4.39 Å². The highest BCUT2D eigenvalue weighted by molar-refractivity contribution is 7.99. The largest absolute Gasteiger partial charge is 0.341 e. The number of fused-ring (bicyclic) bond motifs is 1. The fourth-order valence-corrected chi connectivity index (χ4v) is 3.16. The highest BCUT2D eigenvalue weighted by Crippen LogP contribution is 2.20. The number of benzene rings is 2.